The third kappa shape index (κ3) is 6.64. The molecule has 7 nitrogen and oxygen atoms in total. The summed E-state index contributed by atoms with van der Waals surface area (Å²) in [5.74, 6) is -1.42. The number of esters is 1. The van der Waals surface area contributed by atoms with Crippen molar-refractivity contribution in [1.29, 1.82) is 0 Å². The second-order valence-electron chi connectivity index (χ2n) is 4.48. The molecule has 0 aromatic heterocycles. The van der Waals surface area contributed by atoms with Gasteiger partial charge >= 0.3 is 18.0 Å². The Kier molecular flexibility index (Phi) is 7.55. The highest BCUT2D eigenvalue weighted by Gasteiger charge is 2.22. The van der Waals surface area contributed by atoms with Crippen LogP contribution in [-0.4, -0.2) is 53.7 Å². The SMILES string of the molecule is COC(=O)C(C)NC(=O)N(CCCC(=O)O)C(C)C. The fraction of sp³-hybridized carbons (Fsp3) is 0.750. The van der Waals surface area contributed by atoms with Crippen LogP contribution in [0.2, 0.25) is 0 Å². The highest BCUT2D eigenvalue weighted by molar-refractivity contribution is 5.83. The van der Waals surface area contributed by atoms with Gasteiger partial charge in [0.05, 0.1) is 7.11 Å². The van der Waals surface area contributed by atoms with Crippen molar-refractivity contribution in [1.82, 2.24) is 10.2 Å². The summed E-state index contributed by atoms with van der Waals surface area (Å²) in [5, 5.41) is 11.1. The number of hydrogen-bond donors (Lipinski definition) is 2. The van der Waals surface area contributed by atoms with Crippen LogP contribution in [0, 0.1) is 0 Å². The maximum absolute atomic E-state index is 12.0. The van der Waals surface area contributed by atoms with E-state index < -0.39 is 24.0 Å². The standard InChI is InChI=1S/C12H22N2O5/c1-8(2)14(7-5-6-10(15)16)12(18)13-9(3)11(17)19-4/h8-9H,5-7H2,1-4H3,(H,13,18)(H,15,16). The van der Waals surface area contributed by atoms with Gasteiger partial charge in [0.1, 0.15) is 6.04 Å². The number of nitrogens with one attached hydrogen (secondary N) is 1. The topological polar surface area (TPSA) is 95.9 Å². The summed E-state index contributed by atoms with van der Waals surface area (Å²) in [6, 6.07) is -1.23. The van der Waals surface area contributed by atoms with E-state index in [1.54, 1.807) is 0 Å². The summed E-state index contributed by atoms with van der Waals surface area (Å²) in [6.45, 7) is 5.50. The Balaban J connectivity index is 4.41. The molecule has 0 saturated carbocycles. The lowest BCUT2D eigenvalue weighted by molar-refractivity contribution is -0.142. The Morgan fingerprint density at radius 1 is 1.26 bits per heavy atom. The quantitative estimate of drug-likeness (QED) is 0.670. The number of amides is 2. The first kappa shape index (κ1) is 17.2. The van der Waals surface area contributed by atoms with Gasteiger partial charge in [0.2, 0.25) is 0 Å². The van der Waals surface area contributed by atoms with Crippen LogP contribution >= 0.6 is 0 Å². The minimum absolute atomic E-state index is 0.00303. The van der Waals surface area contributed by atoms with Gasteiger partial charge in [-0.25, -0.2) is 9.59 Å². The normalized spacial score (nSPS) is 11.8. The van der Waals surface area contributed by atoms with Gasteiger partial charge in [-0.05, 0) is 27.2 Å². The molecule has 0 aromatic carbocycles. The zero-order valence-electron chi connectivity index (χ0n) is 11.8. The Labute approximate surface area is 112 Å². The molecular formula is C12H22N2O5. The number of nitrogens with zero attached hydrogens (tertiary/aromatic N) is 1. The van der Waals surface area contributed by atoms with Crippen LogP contribution in [0.1, 0.15) is 33.6 Å². The summed E-state index contributed by atoms with van der Waals surface area (Å²) in [6.07, 6.45) is 0.372. The number of ether oxygens (including phenoxy) is 1. The molecule has 0 saturated heterocycles. The molecular weight excluding hydrogens is 252 g/mol. The van der Waals surface area contributed by atoms with Crippen molar-refractivity contribution >= 4 is 18.0 Å². The minimum Gasteiger partial charge on any atom is -0.481 e. The van der Waals surface area contributed by atoms with Crippen molar-refractivity contribution in [2.24, 2.45) is 0 Å². The van der Waals surface area contributed by atoms with Crippen molar-refractivity contribution in [2.75, 3.05) is 13.7 Å². The smallest absolute Gasteiger partial charge is 0.328 e. The first-order chi connectivity index (χ1) is 8.79. The molecule has 1 unspecified atom stereocenters. The van der Waals surface area contributed by atoms with Gasteiger partial charge in [-0.3, -0.25) is 4.79 Å². The summed E-state index contributed by atoms with van der Waals surface area (Å²) in [7, 11) is 1.25. The average molecular weight is 274 g/mol. The molecule has 2 amide bonds. The number of carbonyl (C=O) groups is 3. The lowest BCUT2D eigenvalue weighted by Gasteiger charge is -2.28. The van der Waals surface area contributed by atoms with Crippen molar-refractivity contribution in [3.05, 3.63) is 0 Å². The number of rotatable bonds is 7. The number of carbonyl (C=O) groups excluding carboxylic acids is 2. The molecule has 0 aliphatic heterocycles. The molecule has 0 bridgehead atoms. The molecule has 0 heterocycles. The number of methoxy groups -OCH3 is 1. The van der Waals surface area contributed by atoms with Gasteiger partial charge < -0.3 is 20.1 Å². The van der Waals surface area contributed by atoms with Gasteiger partial charge in [-0.2, -0.15) is 0 Å². The largest absolute Gasteiger partial charge is 0.481 e. The van der Waals surface area contributed by atoms with Gasteiger partial charge in [0.15, 0.2) is 0 Å². The molecule has 1 atom stereocenters. The van der Waals surface area contributed by atoms with Crippen LogP contribution in [0.3, 0.4) is 0 Å². The third-order valence-electron chi connectivity index (χ3n) is 2.57. The third-order valence-corrected chi connectivity index (χ3v) is 2.57. The predicted octanol–water partition coefficient (Wildman–Crippen LogP) is 0.833. The zero-order valence-corrected chi connectivity index (χ0v) is 11.8. The number of carboxylic acids is 1. The Morgan fingerprint density at radius 2 is 1.84 bits per heavy atom. The first-order valence-electron chi connectivity index (χ1n) is 6.16. The maximum atomic E-state index is 12.0. The molecule has 0 aromatic rings. The molecule has 0 spiro atoms. The molecule has 7 heteroatoms. The molecule has 2 N–H and O–H groups in total. The summed E-state index contributed by atoms with van der Waals surface area (Å²) in [5.41, 5.74) is 0. The number of aliphatic carboxylic acids is 1. The molecule has 0 rings (SSSR count). The zero-order chi connectivity index (χ0) is 15.0. The fourth-order valence-electron chi connectivity index (χ4n) is 1.50. The second kappa shape index (κ2) is 8.34. The lowest BCUT2D eigenvalue weighted by Crippen LogP contribution is -2.49. The number of urea groups is 1. The molecule has 0 aliphatic rings. The van der Waals surface area contributed by atoms with Gasteiger partial charge in [0.25, 0.3) is 0 Å². The van der Waals surface area contributed by atoms with Crippen molar-refractivity contribution < 1.29 is 24.2 Å². The maximum Gasteiger partial charge on any atom is 0.328 e. The van der Waals surface area contributed by atoms with Gasteiger partial charge in [0, 0.05) is 19.0 Å². The average Bonchev–Trinajstić information content (AvgIpc) is 2.32. The van der Waals surface area contributed by atoms with E-state index >= 15 is 0 Å². The first-order valence-corrected chi connectivity index (χ1v) is 6.16. The van der Waals surface area contributed by atoms with Crippen molar-refractivity contribution in [3.8, 4) is 0 Å². The van der Waals surface area contributed by atoms with E-state index in [4.69, 9.17) is 5.11 Å². The highest BCUT2D eigenvalue weighted by atomic mass is 16.5. The monoisotopic (exact) mass is 274 g/mol. The number of carboxylic acid groups (broad SMARTS) is 1. The van der Waals surface area contributed by atoms with Crippen LogP contribution in [0.4, 0.5) is 4.79 Å². The van der Waals surface area contributed by atoms with Crippen molar-refractivity contribution in [2.45, 2.75) is 45.7 Å². The minimum atomic E-state index is -0.896. The molecule has 0 fully saturated rings. The van der Waals surface area contributed by atoms with E-state index in [0.717, 1.165) is 0 Å². The highest BCUT2D eigenvalue weighted by Crippen LogP contribution is 2.03. The molecule has 0 radical (unpaired) electrons. The van der Waals surface area contributed by atoms with Crippen molar-refractivity contribution in [3.63, 3.8) is 0 Å². The summed E-state index contributed by atoms with van der Waals surface area (Å²) >= 11 is 0. The van der Waals surface area contributed by atoms with Crippen LogP contribution in [0.25, 0.3) is 0 Å². The number of hydrogen-bond acceptors (Lipinski definition) is 4. The van der Waals surface area contributed by atoms with E-state index in [9.17, 15) is 14.4 Å². The van der Waals surface area contributed by atoms with Crippen LogP contribution < -0.4 is 5.32 Å². The Hall–Kier alpha value is -1.79. The lowest BCUT2D eigenvalue weighted by atomic mass is 10.2. The fourth-order valence-corrected chi connectivity index (χ4v) is 1.50. The van der Waals surface area contributed by atoms with E-state index in [-0.39, 0.29) is 12.5 Å². The molecule has 19 heavy (non-hydrogen) atoms. The summed E-state index contributed by atoms with van der Waals surface area (Å²) in [4.78, 5) is 35.1. The Bertz CT molecular complexity index is 330. The summed E-state index contributed by atoms with van der Waals surface area (Å²) < 4.78 is 4.52. The van der Waals surface area contributed by atoms with Gasteiger partial charge in [-0.15, -0.1) is 0 Å². The second-order valence-corrected chi connectivity index (χ2v) is 4.48. The van der Waals surface area contributed by atoms with E-state index in [0.29, 0.717) is 13.0 Å². The van der Waals surface area contributed by atoms with Crippen LogP contribution in [0.5, 0.6) is 0 Å². The van der Waals surface area contributed by atoms with Gasteiger partial charge in [-0.1, -0.05) is 0 Å². The Morgan fingerprint density at radius 3 is 2.26 bits per heavy atom. The van der Waals surface area contributed by atoms with E-state index in [1.807, 2.05) is 13.8 Å². The van der Waals surface area contributed by atoms with E-state index in [1.165, 1.54) is 18.9 Å². The molecule has 0 aliphatic carbocycles. The van der Waals surface area contributed by atoms with E-state index in [2.05, 4.69) is 10.1 Å². The van der Waals surface area contributed by atoms with Crippen LogP contribution in [0.15, 0.2) is 0 Å². The van der Waals surface area contributed by atoms with Crippen LogP contribution in [-0.2, 0) is 14.3 Å². The molecule has 110 valence electrons. The predicted molar refractivity (Wildman–Crippen MR) is 68.7 cm³/mol.